The molecule has 1 aromatic rings. The molecule has 0 heterocycles. The summed E-state index contributed by atoms with van der Waals surface area (Å²) in [6.07, 6.45) is 3.07. The second-order valence-corrected chi connectivity index (χ2v) is 3.67. The van der Waals surface area contributed by atoms with Crippen LogP contribution in [-0.4, -0.2) is 13.0 Å². The molecule has 0 aliphatic carbocycles. The van der Waals surface area contributed by atoms with Gasteiger partial charge in [0.05, 0.1) is 17.8 Å². The Morgan fingerprint density at radius 3 is 2.73 bits per heavy atom. The average molecular weight is 226 g/mol. The van der Waals surface area contributed by atoms with E-state index in [0.29, 0.717) is 5.02 Å². The van der Waals surface area contributed by atoms with Crippen LogP contribution in [0.3, 0.4) is 0 Å². The van der Waals surface area contributed by atoms with Crippen molar-refractivity contribution in [3.8, 4) is 0 Å². The lowest BCUT2D eigenvalue weighted by Gasteiger charge is -2.04. The largest absolute Gasteiger partial charge is 0.484 e. The molecule has 0 amide bonds. The fourth-order valence-corrected chi connectivity index (χ4v) is 1.39. The molecule has 0 N–H and O–H groups in total. The van der Waals surface area contributed by atoms with E-state index >= 15 is 0 Å². The van der Waals surface area contributed by atoms with E-state index in [4.69, 9.17) is 16.3 Å². The van der Waals surface area contributed by atoms with Crippen LogP contribution in [0.5, 0.6) is 0 Å². The van der Waals surface area contributed by atoms with Gasteiger partial charge in [-0.3, -0.25) is 0 Å². The van der Waals surface area contributed by atoms with E-state index in [9.17, 15) is 0 Å². The van der Waals surface area contributed by atoms with Crippen LogP contribution in [0.15, 0.2) is 29.3 Å². The summed E-state index contributed by atoms with van der Waals surface area (Å²) in [5.41, 5.74) is 0.770. The van der Waals surface area contributed by atoms with Crippen molar-refractivity contribution < 1.29 is 4.74 Å². The molecule has 0 atom stereocenters. The van der Waals surface area contributed by atoms with Crippen molar-refractivity contribution in [2.45, 2.75) is 26.2 Å². The molecule has 0 aromatic heterocycles. The van der Waals surface area contributed by atoms with Crippen molar-refractivity contribution in [3.63, 3.8) is 0 Å². The van der Waals surface area contributed by atoms with Crippen molar-refractivity contribution in [1.82, 2.24) is 0 Å². The second-order valence-electron chi connectivity index (χ2n) is 3.26. The smallest absolute Gasteiger partial charge is 0.188 e. The quantitative estimate of drug-likeness (QED) is 0.556. The standard InChI is InChI=1S/C12H16ClNO/c1-3-4-9-12(15-2)14-11-8-6-5-7-10(11)13/h5-8H,3-4,9H2,1-2H3. The summed E-state index contributed by atoms with van der Waals surface area (Å²) in [5, 5.41) is 0.656. The van der Waals surface area contributed by atoms with Crippen LogP contribution in [0, 0.1) is 0 Å². The lowest BCUT2D eigenvalue weighted by molar-refractivity contribution is 0.388. The molecule has 0 saturated carbocycles. The van der Waals surface area contributed by atoms with Crippen LogP contribution in [-0.2, 0) is 4.74 Å². The first-order valence-electron chi connectivity index (χ1n) is 5.14. The van der Waals surface area contributed by atoms with Crippen molar-refractivity contribution >= 4 is 23.2 Å². The van der Waals surface area contributed by atoms with Crippen molar-refractivity contribution in [2.75, 3.05) is 7.11 Å². The zero-order valence-corrected chi connectivity index (χ0v) is 9.92. The van der Waals surface area contributed by atoms with Gasteiger partial charge in [-0.1, -0.05) is 37.1 Å². The van der Waals surface area contributed by atoms with E-state index in [1.54, 1.807) is 7.11 Å². The normalized spacial score (nSPS) is 11.5. The highest BCUT2D eigenvalue weighted by atomic mass is 35.5. The summed E-state index contributed by atoms with van der Waals surface area (Å²) < 4.78 is 5.20. The Kier molecular flexibility index (Phi) is 5.19. The third kappa shape index (κ3) is 3.92. The first kappa shape index (κ1) is 12.1. The predicted molar refractivity (Wildman–Crippen MR) is 65.1 cm³/mol. The van der Waals surface area contributed by atoms with Gasteiger partial charge in [0.15, 0.2) is 5.90 Å². The van der Waals surface area contributed by atoms with E-state index in [1.165, 1.54) is 0 Å². The van der Waals surface area contributed by atoms with Crippen LogP contribution in [0.2, 0.25) is 5.02 Å². The summed E-state index contributed by atoms with van der Waals surface area (Å²) in [6, 6.07) is 7.51. The van der Waals surface area contributed by atoms with Gasteiger partial charge in [-0.25, -0.2) is 4.99 Å². The zero-order chi connectivity index (χ0) is 11.1. The lowest BCUT2D eigenvalue weighted by atomic mass is 10.2. The van der Waals surface area contributed by atoms with Gasteiger partial charge >= 0.3 is 0 Å². The number of halogens is 1. The van der Waals surface area contributed by atoms with Crippen LogP contribution < -0.4 is 0 Å². The summed E-state index contributed by atoms with van der Waals surface area (Å²) in [6.45, 7) is 2.14. The van der Waals surface area contributed by atoms with Gasteiger partial charge < -0.3 is 4.74 Å². The van der Waals surface area contributed by atoms with Crippen LogP contribution in [0.25, 0.3) is 0 Å². The molecule has 15 heavy (non-hydrogen) atoms. The molecule has 3 heteroatoms. The van der Waals surface area contributed by atoms with Gasteiger partial charge in [-0.15, -0.1) is 0 Å². The number of unbranched alkanes of at least 4 members (excludes halogenated alkanes) is 1. The van der Waals surface area contributed by atoms with Gasteiger partial charge in [-0.05, 0) is 18.6 Å². The Morgan fingerprint density at radius 1 is 1.40 bits per heavy atom. The molecule has 1 rings (SSSR count). The minimum absolute atomic E-state index is 0.656. The van der Waals surface area contributed by atoms with Gasteiger partial charge in [-0.2, -0.15) is 0 Å². The number of rotatable bonds is 4. The Bertz CT molecular complexity index is 336. The number of aliphatic imine (C=N–C) groups is 1. The molecule has 2 nitrogen and oxygen atoms in total. The molecule has 1 aromatic carbocycles. The average Bonchev–Trinajstić information content (AvgIpc) is 2.26. The van der Waals surface area contributed by atoms with E-state index in [-0.39, 0.29) is 0 Å². The van der Waals surface area contributed by atoms with Crippen LogP contribution in [0.4, 0.5) is 5.69 Å². The van der Waals surface area contributed by atoms with Crippen molar-refractivity contribution in [3.05, 3.63) is 29.3 Å². The molecular formula is C12H16ClNO. The van der Waals surface area contributed by atoms with Crippen molar-refractivity contribution in [2.24, 2.45) is 4.99 Å². The predicted octanol–water partition coefficient (Wildman–Crippen LogP) is 4.21. The third-order valence-corrected chi connectivity index (χ3v) is 2.40. The Hall–Kier alpha value is -1.02. The van der Waals surface area contributed by atoms with E-state index < -0.39 is 0 Å². The summed E-state index contributed by atoms with van der Waals surface area (Å²) in [4.78, 5) is 4.38. The van der Waals surface area contributed by atoms with Crippen LogP contribution in [0.1, 0.15) is 26.2 Å². The fourth-order valence-electron chi connectivity index (χ4n) is 1.21. The number of methoxy groups -OCH3 is 1. The molecule has 0 aliphatic heterocycles. The SMILES string of the molecule is CCCCC(=Nc1ccccc1Cl)OC. The highest BCUT2D eigenvalue weighted by molar-refractivity contribution is 6.33. The van der Waals surface area contributed by atoms with Crippen molar-refractivity contribution in [1.29, 1.82) is 0 Å². The number of nitrogens with zero attached hydrogens (tertiary/aromatic N) is 1. The molecule has 82 valence electrons. The van der Waals surface area contributed by atoms with E-state index in [2.05, 4.69) is 11.9 Å². The molecule has 0 radical (unpaired) electrons. The second kappa shape index (κ2) is 6.46. The first-order valence-corrected chi connectivity index (χ1v) is 5.51. The van der Waals surface area contributed by atoms with E-state index in [0.717, 1.165) is 30.8 Å². The minimum atomic E-state index is 0.656. The number of hydrogen-bond acceptors (Lipinski definition) is 2. The summed E-state index contributed by atoms with van der Waals surface area (Å²) in [5.74, 6) is 0.741. The Morgan fingerprint density at radius 2 is 2.13 bits per heavy atom. The molecular weight excluding hydrogens is 210 g/mol. The topological polar surface area (TPSA) is 21.6 Å². The summed E-state index contributed by atoms with van der Waals surface area (Å²) in [7, 11) is 1.64. The highest BCUT2D eigenvalue weighted by Crippen LogP contribution is 2.24. The first-order chi connectivity index (χ1) is 7.27. The Labute approximate surface area is 95.9 Å². The van der Waals surface area contributed by atoms with E-state index in [1.807, 2.05) is 24.3 Å². The lowest BCUT2D eigenvalue weighted by Crippen LogP contribution is -2.00. The van der Waals surface area contributed by atoms with Crippen LogP contribution >= 0.6 is 11.6 Å². The molecule has 0 bridgehead atoms. The zero-order valence-electron chi connectivity index (χ0n) is 9.16. The highest BCUT2D eigenvalue weighted by Gasteiger charge is 2.01. The molecule has 0 spiro atoms. The number of para-hydroxylation sites is 1. The fraction of sp³-hybridized carbons (Fsp3) is 0.417. The molecule has 0 fully saturated rings. The van der Waals surface area contributed by atoms with Gasteiger partial charge in [0, 0.05) is 6.42 Å². The number of hydrogen-bond donors (Lipinski definition) is 0. The molecule has 0 saturated heterocycles. The number of benzene rings is 1. The maximum Gasteiger partial charge on any atom is 0.188 e. The molecule has 0 unspecified atom stereocenters. The third-order valence-electron chi connectivity index (χ3n) is 2.08. The molecule has 0 aliphatic rings. The maximum atomic E-state index is 6.00. The minimum Gasteiger partial charge on any atom is -0.484 e. The van der Waals surface area contributed by atoms with Gasteiger partial charge in [0.2, 0.25) is 0 Å². The Balaban J connectivity index is 2.78. The van der Waals surface area contributed by atoms with Gasteiger partial charge in [0.1, 0.15) is 0 Å². The maximum absolute atomic E-state index is 6.00. The monoisotopic (exact) mass is 225 g/mol. The summed E-state index contributed by atoms with van der Waals surface area (Å²) >= 11 is 6.00. The number of ether oxygens (including phenoxy) is 1. The van der Waals surface area contributed by atoms with Gasteiger partial charge in [0.25, 0.3) is 0 Å².